The number of thiazole rings is 1. The van der Waals surface area contributed by atoms with E-state index in [1.54, 1.807) is 29.6 Å². The highest BCUT2D eigenvalue weighted by atomic mass is 32.1. The van der Waals surface area contributed by atoms with Gasteiger partial charge in [0.2, 0.25) is 10.9 Å². The molecule has 0 radical (unpaired) electrons. The average molecular weight is 390 g/mol. The number of fused-ring (bicyclic) bond motifs is 1. The van der Waals surface area contributed by atoms with Crippen LogP contribution in [0.1, 0.15) is 25.5 Å². The molecule has 2 heterocycles. The molecule has 2 aromatic heterocycles. The second-order valence-electron chi connectivity index (χ2n) is 5.74. The lowest BCUT2D eigenvalue weighted by Gasteiger charge is -2.04. The number of rotatable bonds is 8. The Balaban J connectivity index is 1.57. The van der Waals surface area contributed by atoms with Crippen molar-refractivity contribution < 1.29 is 18.7 Å². The minimum Gasteiger partial charge on any atom is -0.466 e. The minimum absolute atomic E-state index is 0.0669. The lowest BCUT2D eigenvalue weighted by molar-refractivity contribution is -0.144. The summed E-state index contributed by atoms with van der Waals surface area (Å²) in [7, 11) is 0. The van der Waals surface area contributed by atoms with Crippen molar-refractivity contribution in [3.05, 3.63) is 41.2 Å². The van der Waals surface area contributed by atoms with Gasteiger partial charge in [-0.3, -0.25) is 9.59 Å². The van der Waals surface area contributed by atoms with Gasteiger partial charge in [0.15, 0.2) is 5.82 Å². The van der Waals surface area contributed by atoms with Gasteiger partial charge in [-0.2, -0.15) is 4.98 Å². The molecule has 0 atom stereocenters. The summed E-state index contributed by atoms with van der Waals surface area (Å²) in [5.41, 5.74) is 1.22. The molecule has 1 amide bonds. The molecule has 142 valence electrons. The Labute approximate surface area is 159 Å². The molecule has 0 unspecified atom stereocenters. The molecule has 0 bridgehead atoms. The summed E-state index contributed by atoms with van der Waals surface area (Å²) in [4.78, 5) is 28.1. The molecular weight excluding hydrogens is 371 g/mol. The van der Waals surface area contributed by atoms with Gasteiger partial charge in [0.25, 0.3) is 0 Å². The fourth-order valence-corrected chi connectivity index (χ4v) is 3.38. The number of hydrogen-bond acceptors (Lipinski definition) is 6. The maximum atomic E-state index is 13.9. The Hall–Kier alpha value is -2.81. The summed E-state index contributed by atoms with van der Waals surface area (Å²) in [6.45, 7) is 2.44. The van der Waals surface area contributed by atoms with E-state index in [2.05, 4.69) is 15.4 Å². The van der Waals surface area contributed by atoms with E-state index in [0.717, 1.165) is 5.69 Å². The van der Waals surface area contributed by atoms with Crippen LogP contribution in [0.25, 0.3) is 16.3 Å². The molecular formula is C18H19FN4O3S. The predicted octanol–water partition coefficient (Wildman–Crippen LogP) is 2.60. The molecule has 0 fully saturated rings. The summed E-state index contributed by atoms with van der Waals surface area (Å²) in [5, 5.41) is 9.06. The molecule has 0 saturated heterocycles. The second-order valence-corrected chi connectivity index (χ2v) is 6.58. The number of ether oxygens (including phenoxy) is 1. The van der Waals surface area contributed by atoms with Crippen molar-refractivity contribution in [2.24, 2.45) is 0 Å². The van der Waals surface area contributed by atoms with Gasteiger partial charge in [-0.1, -0.05) is 12.1 Å². The van der Waals surface area contributed by atoms with Gasteiger partial charge in [0.1, 0.15) is 5.82 Å². The summed E-state index contributed by atoms with van der Waals surface area (Å²) in [5.74, 6) is -0.624. The van der Waals surface area contributed by atoms with E-state index >= 15 is 0 Å². The quantitative estimate of drug-likeness (QED) is 0.598. The molecule has 0 aliphatic heterocycles. The predicted molar refractivity (Wildman–Crippen MR) is 98.8 cm³/mol. The van der Waals surface area contributed by atoms with Gasteiger partial charge in [-0.05, 0) is 19.1 Å². The molecule has 0 spiro atoms. The molecule has 3 aromatic rings. The van der Waals surface area contributed by atoms with Crippen molar-refractivity contribution in [1.82, 2.24) is 19.9 Å². The zero-order valence-corrected chi connectivity index (χ0v) is 15.6. The van der Waals surface area contributed by atoms with Crippen LogP contribution in [-0.4, -0.2) is 39.6 Å². The van der Waals surface area contributed by atoms with Gasteiger partial charge in [-0.25, -0.2) is 8.91 Å². The number of halogens is 1. The van der Waals surface area contributed by atoms with Crippen LogP contribution in [0.15, 0.2) is 29.6 Å². The monoisotopic (exact) mass is 390 g/mol. The van der Waals surface area contributed by atoms with Crippen LogP contribution >= 0.6 is 11.3 Å². The van der Waals surface area contributed by atoms with E-state index in [9.17, 15) is 14.0 Å². The number of amides is 1. The molecule has 0 aliphatic carbocycles. The smallest absolute Gasteiger partial charge is 0.306 e. The number of carbonyl (C=O) groups excluding carboxylic acids is 2. The van der Waals surface area contributed by atoms with E-state index in [0.29, 0.717) is 35.9 Å². The van der Waals surface area contributed by atoms with E-state index < -0.39 is 0 Å². The Morgan fingerprint density at radius 3 is 2.89 bits per heavy atom. The van der Waals surface area contributed by atoms with Gasteiger partial charge < -0.3 is 10.1 Å². The first kappa shape index (κ1) is 19.0. The van der Waals surface area contributed by atoms with E-state index in [4.69, 9.17) is 4.74 Å². The van der Waals surface area contributed by atoms with Crippen molar-refractivity contribution >= 4 is 28.2 Å². The molecule has 0 saturated carbocycles. The Kier molecular flexibility index (Phi) is 6.12. The first-order valence-electron chi connectivity index (χ1n) is 8.59. The van der Waals surface area contributed by atoms with E-state index in [1.165, 1.54) is 17.4 Å². The van der Waals surface area contributed by atoms with Gasteiger partial charge in [-0.15, -0.1) is 16.4 Å². The number of esters is 1. The Bertz CT molecular complexity index is 953. The van der Waals surface area contributed by atoms with Crippen molar-refractivity contribution in [2.75, 3.05) is 13.2 Å². The number of nitrogens with one attached hydrogen (secondary N) is 1. The fraction of sp³-hybridized carbons (Fsp3) is 0.333. The van der Waals surface area contributed by atoms with Crippen molar-refractivity contribution in [3.8, 4) is 11.4 Å². The topological polar surface area (TPSA) is 85.6 Å². The first-order valence-corrected chi connectivity index (χ1v) is 9.46. The third kappa shape index (κ3) is 4.68. The molecule has 7 nitrogen and oxygen atoms in total. The fourth-order valence-electron chi connectivity index (χ4n) is 2.52. The molecule has 1 aromatic carbocycles. The van der Waals surface area contributed by atoms with Gasteiger partial charge >= 0.3 is 5.97 Å². The minimum atomic E-state index is -0.379. The zero-order chi connectivity index (χ0) is 19.2. The summed E-state index contributed by atoms with van der Waals surface area (Å²) in [6, 6.07) is 6.36. The zero-order valence-electron chi connectivity index (χ0n) is 14.8. The lowest BCUT2D eigenvalue weighted by atomic mass is 10.2. The Morgan fingerprint density at radius 2 is 2.11 bits per heavy atom. The van der Waals surface area contributed by atoms with Crippen LogP contribution in [0.5, 0.6) is 0 Å². The summed E-state index contributed by atoms with van der Waals surface area (Å²) >= 11 is 1.41. The van der Waals surface area contributed by atoms with Crippen LogP contribution in [0.2, 0.25) is 0 Å². The largest absolute Gasteiger partial charge is 0.466 e. The number of hydrogen-bond donors (Lipinski definition) is 1. The van der Waals surface area contributed by atoms with Crippen LogP contribution in [0, 0.1) is 5.82 Å². The summed E-state index contributed by atoms with van der Waals surface area (Å²) in [6.07, 6.45) is 0.710. The molecule has 3 rings (SSSR count). The van der Waals surface area contributed by atoms with Crippen LogP contribution < -0.4 is 5.32 Å². The molecule has 27 heavy (non-hydrogen) atoms. The lowest BCUT2D eigenvalue weighted by Crippen LogP contribution is -2.26. The summed E-state index contributed by atoms with van der Waals surface area (Å²) < 4.78 is 20.4. The van der Waals surface area contributed by atoms with Crippen LogP contribution in [-0.2, 0) is 20.7 Å². The van der Waals surface area contributed by atoms with E-state index in [1.807, 2.05) is 5.38 Å². The maximum absolute atomic E-state index is 13.9. The van der Waals surface area contributed by atoms with E-state index in [-0.39, 0.29) is 30.5 Å². The SMILES string of the molecule is CCOC(=O)CCC(=O)NCCc1csc2nc(-c3ccccc3F)nn12. The van der Waals surface area contributed by atoms with Gasteiger partial charge in [0.05, 0.1) is 24.3 Å². The first-order chi connectivity index (χ1) is 13.1. The van der Waals surface area contributed by atoms with Gasteiger partial charge in [0, 0.05) is 24.8 Å². The highest BCUT2D eigenvalue weighted by Gasteiger charge is 2.14. The Morgan fingerprint density at radius 1 is 1.30 bits per heavy atom. The normalized spacial score (nSPS) is 10.9. The molecule has 0 aliphatic rings. The number of carbonyl (C=O) groups is 2. The third-order valence-corrected chi connectivity index (χ3v) is 4.69. The third-order valence-electron chi connectivity index (χ3n) is 3.83. The molecule has 9 heteroatoms. The van der Waals surface area contributed by atoms with Crippen molar-refractivity contribution in [1.29, 1.82) is 0 Å². The van der Waals surface area contributed by atoms with Crippen molar-refractivity contribution in [3.63, 3.8) is 0 Å². The van der Waals surface area contributed by atoms with Crippen LogP contribution in [0.3, 0.4) is 0 Å². The maximum Gasteiger partial charge on any atom is 0.306 e. The highest BCUT2D eigenvalue weighted by Crippen LogP contribution is 2.23. The average Bonchev–Trinajstić information content (AvgIpc) is 3.22. The van der Waals surface area contributed by atoms with Crippen LogP contribution in [0.4, 0.5) is 4.39 Å². The van der Waals surface area contributed by atoms with Crippen molar-refractivity contribution in [2.45, 2.75) is 26.2 Å². The molecule has 1 N–H and O–H groups in total. The number of benzene rings is 1. The second kappa shape index (κ2) is 8.72. The number of nitrogens with zero attached hydrogens (tertiary/aromatic N) is 3. The highest BCUT2D eigenvalue weighted by molar-refractivity contribution is 7.15. The number of aromatic nitrogens is 3. The standard InChI is InChI=1S/C18H19FN4O3S/c1-2-26-16(25)8-7-15(24)20-10-9-12-11-27-18-21-17(22-23(12)18)13-5-3-4-6-14(13)19/h3-6,11H,2,7-10H2,1H3,(H,20,24).